The highest BCUT2D eigenvalue weighted by atomic mass is 32.2. The lowest BCUT2D eigenvalue weighted by Crippen LogP contribution is -2.38. The third kappa shape index (κ3) is 4.52. The Morgan fingerprint density at radius 3 is 2.11 bits per heavy atom. The molecule has 198 valence electrons. The van der Waals surface area contributed by atoms with E-state index in [0.717, 1.165) is 0 Å². The molecule has 1 aromatic heterocycles. The van der Waals surface area contributed by atoms with Crippen LogP contribution in [0.2, 0.25) is 0 Å². The highest BCUT2D eigenvalue weighted by molar-refractivity contribution is 7.87. The molecule has 0 spiro atoms. The Kier molecular flexibility index (Phi) is 6.31. The molecule has 3 aliphatic rings. The van der Waals surface area contributed by atoms with Gasteiger partial charge < -0.3 is 9.29 Å². The van der Waals surface area contributed by atoms with E-state index in [1.807, 2.05) is 0 Å². The van der Waals surface area contributed by atoms with E-state index < -0.39 is 49.4 Å². The Bertz CT molecular complexity index is 1690. The minimum atomic E-state index is -4.70. The van der Waals surface area contributed by atoms with Crippen LogP contribution < -0.4 is 0 Å². The third-order valence-corrected chi connectivity index (χ3v) is 12.2. The van der Waals surface area contributed by atoms with Gasteiger partial charge in [0.25, 0.3) is 10.1 Å². The first-order valence-corrected chi connectivity index (χ1v) is 16.4. The average molecular weight is 573 g/mol. The second-order valence-electron chi connectivity index (χ2n) is 9.76. The topological polar surface area (TPSA) is 127 Å². The molecular weight excluding hydrogens is 548 g/mol. The molecule has 2 heterocycles. The van der Waals surface area contributed by atoms with E-state index in [4.69, 9.17) is 8.92 Å². The molecular formula is C27H24O8S3. The van der Waals surface area contributed by atoms with E-state index >= 15 is 0 Å². The second kappa shape index (κ2) is 9.42. The van der Waals surface area contributed by atoms with Gasteiger partial charge in [-0.2, -0.15) is 8.42 Å². The minimum Gasteiger partial charge on any atom is -0.748 e. The molecule has 1 aliphatic heterocycles. The zero-order valence-corrected chi connectivity index (χ0v) is 22.5. The highest BCUT2D eigenvalue weighted by Crippen LogP contribution is 2.55. The summed E-state index contributed by atoms with van der Waals surface area (Å²) in [5.41, 5.74) is 0. The fraction of sp³-hybridized carbons (Fsp3) is 0.296. The van der Waals surface area contributed by atoms with Crippen molar-refractivity contribution < 1.29 is 35.1 Å². The molecule has 3 aromatic carbocycles. The minimum absolute atomic E-state index is 0.0594. The van der Waals surface area contributed by atoms with Gasteiger partial charge in [-0.1, -0.05) is 42.5 Å². The van der Waals surface area contributed by atoms with Gasteiger partial charge in [-0.05, 0) is 49.2 Å². The van der Waals surface area contributed by atoms with E-state index in [1.54, 1.807) is 0 Å². The fourth-order valence-corrected chi connectivity index (χ4v) is 10.7. The lowest BCUT2D eigenvalue weighted by molar-refractivity contribution is -0.152. The number of hydrogen-bond acceptors (Lipinski definition) is 8. The Hall–Kier alpha value is -2.83. The normalized spacial score (nSPS) is 26.8. The van der Waals surface area contributed by atoms with Gasteiger partial charge in [0.1, 0.15) is 28.1 Å². The number of thiophene rings is 1. The lowest BCUT2D eigenvalue weighted by Gasteiger charge is -2.25. The standard InChI is InChI=1S/C18H13S.C9H12O8S2/c1-2-8-14(9-3-1)19-17-12-6-4-10-15(17)16-11-5-7-13-18(16)19;10-7(3-18(11,12)13)16-8-4-1-5-6(2-4)19(14,15)17-9(5)8/h1-13H;4-6,8-9H,1-3H2,(H,11,12,13)/q+1;/p-1. The number of rotatable bonds is 4. The summed E-state index contributed by atoms with van der Waals surface area (Å²) < 4.78 is 67.4. The molecule has 0 N–H and O–H groups in total. The van der Waals surface area contributed by atoms with Crippen molar-refractivity contribution in [3.63, 3.8) is 0 Å². The zero-order valence-electron chi connectivity index (χ0n) is 20.0. The van der Waals surface area contributed by atoms with Crippen molar-refractivity contribution in [3.8, 4) is 4.90 Å². The van der Waals surface area contributed by atoms with Crippen LogP contribution in [-0.2, 0) is 34.0 Å². The maximum atomic E-state index is 11.6. The Morgan fingerprint density at radius 1 is 0.921 bits per heavy atom. The number of esters is 1. The van der Waals surface area contributed by atoms with Crippen LogP contribution in [0.5, 0.6) is 0 Å². The van der Waals surface area contributed by atoms with Crippen LogP contribution >= 0.6 is 10.5 Å². The summed E-state index contributed by atoms with van der Waals surface area (Å²) >= 11 is 0. The SMILES string of the molecule is O=C(CS(=O)(=O)[O-])OC1C2CC3C1OS(=O)(=O)C3C2.c1ccc(-[s+]2c3ccccc3c3ccccc32)cc1. The van der Waals surface area contributed by atoms with Crippen molar-refractivity contribution in [2.75, 3.05) is 5.75 Å². The number of ether oxygens (including phenoxy) is 1. The molecule has 8 nitrogen and oxygen atoms in total. The van der Waals surface area contributed by atoms with Crippen molar-refractivity contribution in [2.24, 2.45) is 11.8 Å². The summed E-state index contributed by atoms with van der Waals surface area (Å²) in [6.45, 7) is 0. The molecule has 3 fully saturated rings. The van der Waals surface area contributed by atoms with Crippen LogP contribution in [0.1, 0.15) is 12.8 Å². The summed E-state index contributed by atoms with van der Waals surface area (Å²) in [6.07, 6.45) is -0.567. The quantitative estimate of drug-likeness (QED) is 0.153. The Balaban J connectivity index is 0.000000139. The van der Waals surface area contributed by atoms with Gasteiger partial charge in [0.2, 0.25) is 0 Å². The first-order chi connectivity index (χ1) is 18.1. The summed E-state index contributed by atoms with van der Waals surface area (Å²) in [4.78, 5) is 12.7. The monoisotopic (exact) mass is 572 g/mol. The largest absolute Gasteiger partial charge is 0.748 e. The molecule has 38 heavy (non-hydrogen) atoms. The highest BCUT2D eigenvalue weighted by Gasteiger charge is 2.65. The van der Waals surface area contributed by atoms with Crippen molar-refractivity contribution in [2.45, 2.75) is 30.3 Å². The Morgan fingerprint density at radius 2 is 1.50 bits per heavy atom. The van der Waals surface area contributed by atoms with Gasteiger partial charge in [-0.3, -0.25) is 8.98 Å². The first kappa shape index (κ1) is 25.4. The van der Waals surface area contributed by atoms with Crippen LogP contribution in [-0.4, -0.2) is 50.6 Å². The molecule has 1 saturated heterocycles. The number of fused-ring (bicyclic) bond motifs is 4. The molecule has 5 unspecified atom stereocenters. The van der Waals surface area contributed by atoms with Gasteiger partial charge in [-0.25, -0.2) is 8.42 Å². The molecule has 0 radical (unpaired) electrons. The summed E-state index contributed by atoms with van der Waals surface area (Å²) in [5, 5.41) is 2.25. The van der Waals surface area contributed by atoms with Gasteiger partial charge in [-0.15, -0.1) is 0 Å². The summed E-state index contributed by atoms with van der Waals surface area (Å²) in [6, 6.07) is 28.4. The molecule has 7 rings (SSSR count). The predicted octanol–water partition coefficient (Wildman–Crippen LogP) is 4.31. The number of carbonyl (C=O) groups is 1. The van der Waals surface area contributed by atoms with E-state index in [1.165, 1.54) is 25.1 Å². The van der Waals surface area contributed by atoms with Gasteiger partial charge in [0.15, 0.2) is 14.3 Å². The van der Waals surface area contributed by atoms with Gasteiger partial charge in [0, 0.05) is 33.1 Å². The third-order valence-electron chi connectivity index (χ3n) is 7.46. The Labute approximate surface area is 223 Å². The van der Waals surface area contributed by atoms with E-state index in [2.05, 4.69) is 78.9 Å². The summed E-state index contributed by atoms with van der Waals surface area (Å²) in [5.74, 6) is -2.74. The van der Waals surface area contributed by atoms with Crippen molar-refractivity contribution in [1.82, 2.24) is 0 Å². The maximum absolute atomic E-state index is 11.6. The summed E-state index contributed by atoms with van der Waals surface area (Å²) in [7, 11) is -8.25. The average Bonchev–Trinajstić information content (AvgIpc) is 3.58. The molecule has 2 bridgehead atoms. The molecule has 4 aromatic rings. The maximum Gasteiger partial charge on any atom is 0.320 e. The van der Waals surface area contributed by atoms with E-state index in [0.29, 0.717) is 12.8 Å². The molecule has 11 heteroatoms. The van der Waals surface area contributed by atoms with Crippen LogP contribution in [0.25, 0.3) is 25.1 Å². The van der Waals surface area contributed by atoms with Crippen LogP contribution in [0.3, 0.4) is 0 Å². The molecule has 0 amide bonds. The van der Waals surface area contributed by atoms with Gasteiger partial charge in [0.05, 0.1) is 5.25 Å². The molecule has 2 saturated carbocycles. The van der Waals surface area contributed by atoms with E-state index in [-0.39, 0.29) is 22.3 Å². The molecule has 5 atom stereocenters. The zero-order chi connectivity index (χ0) is 26.7. The second-order valence-corrected chi connectivity index (χ2v) is 14.9. The lowest BCUT2D eigenvalue weighted by atomic mass is 9.94. The first-order valence-electron chi connectivity index (χ1n) is 12.2. The number of benzene rings is 3. The van der Waals surface area contributed by atoms with Crippen LogP contribution in [0, 0.1) is 11.8 Å². The van der Waals surface area contributed by atoms with Crippen LogP contribution in [0.15, 0.2) is 78.9 Å². The predicted molar refractivity (Wildman–Crippen MR) is 144 cm³/mol. The van der Waals surface area contributed by atoms with Crippen molar-refractivity contribution >= 4 is 56.8 Å². The van der Waals surface area contributed by atoms with Crippen molar-refractivity contribution in [1.29, 1.82) is 0 Å². The smallest absolute Gasteiger partial charge is 0.320 e. The van der Waals surface area contributed by atoms with Crippen LogP contribution in [0.4, 0.5) is 0 Å². The van der Waals surface area contributed by atoms with Gasteiger partial charge >= 0.3 is 5.97 Å². The van der Waals surface area contributed by atoms with E-state index in [9.17, 15) is 26.2 Å². The number of carbonyl (C=O) groups excluding carboxylic acids is 1. The number of hydrogen-bond donors (Lipinski definition) is 0. The fourth-order valence-electron chi connectivity index (χ4n) is 6.04. The molecule has 2 aliphatic carbocycles. The van der Waals surface area contributed by atoms with Crippen molar-refractivity contribution in [3.05, 3.63) is 78.9 Å².